The van der Waals surface area contributed by atoms with E-state index in [0.717, 1.165) is 6.54 Å². The Balaban J connectivity index is 2.37. The Morgan fingerprint density at radius 1 is 1.12 bits per heavy atom. The van der Waals surface area contributed by atoms with Gasteiger partial charge in [0.1, 0.15) is 0 Å². The van der Waals surface area contributed by atoms with E-state index in [0.29, 0.717) is 6.04 Å². The zero-order valence-corrected chi connectivity index (χ0v) is 11.7. The maximum Gasteiger partial charge on any atom is 0.0704 e. The fourth-order valence-corrected chi connectivity index (χ4v) is 1.70. The Labute approximate surface area is 105 Å². The van der Waals surface area contributed by atoms with E-state index in [1.807, 2.05) is 6.07 Å². The molecule has 0 aliphatic rings. The van der Waals surface area contributed by atoms with Crippen LogP contribution in [0.15, 0.2) is 30.3 Å². The first-order valence-electron chi connectivity index (χ1n) is 6.33. The third kappa shape index (κ3) is 5.85. The first kappa shape index (κ1) is 14.2. The third-order valence-electron chi connectivity index (χ3n) is 2.71. The van der Waals surface area contributed by atoms with Gasteiger partial charge in [-0.3, -0.25) is 0 Å². The van der Waals surface area contributed by atoms with Crippen LogP contribution in [0, 0.1) is 0 Å². The number of nitrogens with one attached hydrogen (secondary N) is 1. The summed E-state index contributed by atoms with van der Waals surface area (Å²) >= 11 is 0. The Hall–Kier alpha value is -0.860. The highest BCUT2D eigenvalue weighted by atomic mass is 16.5. The van der Waals surface area contributed by atoms with Gasteiger partial charge in [0.2, 0.25) is 0 Å². The van der Waals surface area contributed by atoms with Crippen LogP contribution in [0.5, 0.6) is 0 Å². The van der Waals surface area contributed by atoms with E-state index in [1.165, 1.54) is 5.56 Å². The molecule has 0 spiro atoms. The second-order valence-electron chi connectivity index (χ2n) is 5.59. The van der Waals surface area contributed by atoms with Gasteiger partial charge in [0, 0.05) is 12.6 Å². The summed E-state index contributed by atoms with van der Waals surface area (Å²) < 4.78 is 5.93. The van der Waals surface area contributed by atoms with E-state index in [4.69, 9.17) is 4.74 Å². The second kappa shape index (κ2) is 6.18. The molecule has 0 saturated heterocycles. The molecule has 1 rings (SSSR count). The smallest absolute Gasteiger partial charge is 0.0704 e. The van der Waals surface area contributed by atoms with E-state index in [1.54, 1.807) is 0 Å². The summed E-state index contributed by atoms with van der Waals surface area (Å²) in [5.74, 6) is 0. The number of rotatable bonds is 5. The van der Waals surface area contributed by atoms with Crippen LogP contribution in [0.1, 0.15) is 40.2 Å². The molecular formula is C15H25NO. The molecular weight excluding hydrogens is 210 g/mol. The minimum Gasteiger partial charge on any atom is -0.371 e. The minimum atomic E-state index is -0.0812. The zero-order valence-electron chi connectivity index (χ0n) is 11.7. The molecule has 2 heteroatoms. The van der Waals surface area contributed by atoms with E-state index in [2.05, 4.69) is 64.2 Å². The van der Waals surface area contributed by atoms with Crippen LogP contribution in [-0.4, -0.2) is 17.7 Å². The molecule has 0 saturated carbocycles. The Morgan fingerprint density at radius 2 is 1.71 bits per heavy atom. The topological polar surface area (TPSA) is 21.3 Å². The molecule has 0 fully saturated rings. The molecule has 0 aliphatic carbocycles. The van der Waals surface area contributed by atoms with Gasteiger partial charge in [-0.05, 0) is 40.2 Å². The van der Waals surface area contributed by atoms with Crippen molar-refractivity contribution in [2.75, 3.05) is 0 Å². The minimum absolute atomic E-state index is 0.0812. The van der Waals surface area contributed by atoms with Gasteiger partial charge in [-0.25, -0.2) is 0 Å². The molecule has 0 radical (unpaired) electrons. The third-order valence-corrected chi connectivity index (χ3v) is 2.71. The number of ether oxygens (including phenoxy) is 1. The predicted molar refractivity (Wildman–Crippen MR) is 73.0 cm³/mol. The van der Waals surface area contributed by atoms with Gasteiger partial charge < -0.3 is 10.1 Å². The van der Waals surface area contributed by atoms with Crippen LogP contribution in [0.4, 0.5) is 0 Å². The fraction of sp³-hybridized carbons (Fsp3) is 0.600. The van der Waals surface area contributed by atoms with Crippen molar-refractivity contribution in [3.8, 4) is 0 Å². The molecule has 0 amide bonds. The highest BCUT2D eigenvalue weighted by Gasteiger charge is 2.19. The van der Waals surface area contributed by atoms with Crippen molar-refractivity contribution in [1.29, 1.82) is 0 Å². The first-order valence-corrected chi connectivity index (χ1v) is 6.33. The summed E-state index contributed by atoms with van der Waals surface area (Å²) in [6.45, 7) is 11.4. The normalized spacial score (nSPS) is 15.6. The molecule has 1 N–H and O–H groups in total. The maximum absolute atomic E-state index is 5.93. The molecule has 1 aromatic carbocycles. The fourth-order valence-electron chi connectivity index (χ4n) is 1.70. The lowest BCUT2D eigenvalue weighted by Gasteiger charge is -2.29. The summed E-state index contributed by atoms with van der Waals surface area (Å²) in [5.41, 5.74) is 1.23. The second-order valence-corrected chi connectivity index (χ2v) is 5.59. The quantitative estimate of drug-likeness (QED) is 0.845. The van der Waals surface area contributed by atoms with Gasteiger partial charge in [0.05, 0.1) is 11.7 Å². The van der Waals surface area contributed by atoms with Crippen molar-refractivity contribution in [2.24, 2.45) is 0 Å². The lowest BCUT2D eigenvalue weighted by molar-refractivity contribution is -0.0639. The Kier molecular flexibility index (Phi) is 5.16. The van der Waals surface area contributed by atoms with Crippen molar-refractivity contribution in [2.45, 2.75) is 58.9 Å². The first-order chi connectivity index (χ1) is 7.88. The maximum atomic E-state index is 5.93. The average molecular weight is 235 g/mol. The van der Waals surface area contributed by atoms with Crippen molar-refractivity contribution in [3.05, 3.63) is 35.9 Å². The van der Waals surface area contributed by atoms with Gasteiger partial charge >= 0.3 is 0 Å². The molecule has 0 aliphatic heterocycles. The monoisotopic (exact) mass is 235 g/mol. The number of hydrogen-bond acceptors (Lipinski definition) is 2. The van der Waals surface area contributed by atoms with Crippen molar-refractivity contribution >= 4 is 0 Å². The van der Waals surface area contributed by atoms with Crippen molar-refractivity contribution in [3.63, 3.8) is 0 Å². The van der Waals surface area contributed by atoms with Crippen LogP contribution in [0.2, 0.25) is 0 Å². The Morgan fingerprint density at radius 3 is 2.24 bits per heavy atom. The molecule has 0 aromatic heterocycles. The van der Waals surface area contributed by atoms with E-state index in [9.17, 15) is 0 Å². The highest BCUT2D eigenvalue weighted by molar-refractivity contribution is 5.14. The number of benzene rings is 1. The molecule has 1 aromatic rings. The SMILES string of the molecule is CC(NCc1ccccc1)C(C)OC(C)(C)C. The van der Waals surface area contributed by atoms with Crippen LogP contribution >= 0.6 is 0 Å². The molecule has 0 heterocycles. The van der Waals surface area contributed by atoms with Crippen molar-refractivity contribution in [1.82, 2.24) is 5.32 Å². The van der Waals surface area contributed by atoms with Gasteiger partial charge in [0.15, 0.2) is 0 Å². The molecule has 2 unspecified atom stereocenters. The van der Waals surface area contributed by atoms with E-state index < -0.39 is 0 Å². The van der Waals surface area contributed by atoms with E-state index >= 15 is 0 Å². The summed E-state index contributed by atoms with van der Waals surface area (Å²) in [7, 11) is 0. The molecule has 0 bridgehead atoms. The molecule has 2 nitrogen and oxygen atoms in total. The molecule has 96 valence electrons. The Bertz CT molecular complexity index is 315. The average Bonchev–Trinajstić information content (AvgIpc) is 2.25. The lowest BCUT2D eigenvalue weighted by atomic mass is 10.1. The number of hydrogen-bond donors (Lipinski definition) is 1. The van der Waals surface area contributed by atoms with Gasteiger partial charge in [-0.1, -0.05) is 30.3 Å². The largest absolute Gasteiger partial charge is 0.371 e. The molecule has 2 atom stereocenters. The van der Waals surface area contributed by atoms with Crippen molar-refractivity contribution < 1.29 is 4.74 Å². The summed E-state index contributed by atoms with van der Waals surface area (Å²) in [6.07, 6.45) is 0.207. The van der Waals surface area contributed by atoms with E-state index in [-0.39, 0.29) is 11.7 Å². The van der Waals surface area contributed by atoms with Gasteiger partial charge in [-0.15, -0.1) is 0 Å². The predicted octanol–water partition coefficient (Wildman–Crippen LogP) is 3.37. The van der Waals surface area contributed by atoms with Crippen LogP contribution in [0.25, 0.3) is 0 Å². The highest BCUT2D eigenvalue weighted by Crippen LogP contribution is 2.13. The summed E-state index contributed by atoms with van der Waals surface area (Å²) in [6, 6.07) is 10.8. The lowest BCUT2D eigenvalue weighted by Crippen LogP contribution is -2.40. The van der Waals surface area contributed by atoms with Crippen LogP contribution in [-0.2, 0) is 11.3 Å². The summed E-state index contributed by atoms with van der Waals surface area (Å²) in [4.78, 5) is 0. The summed E-state index contributed by atoms with van der Waals surface area (Å²) in [5, 5.41) is 3.50. The standard InChI is InChI=1S/C15H25NO/c1-12(13(2)17-15(3,4)5)16-11-14-9-7-6-8-10-14/h6-10,12-13,16H,11H2,1-5H3. The van der Waals surface area contributed by atoms with Gasteiger partial charge in [-0.2, -0.15) is 0 Å². The van der Waals surface area contributed by atoms with Crippen LogP contribution < -0.4 is 5.32 Å². The molecule has 17 heavy (non-hydrogen) atoms. The van der Waals surface area contributed by atoms with Gasteiger partial charge in [0.25, 0.3) is 0 Å². The van der Waals surface area contributed by atoms with Crippen LogP contribution in [0.3, 0.4) is 0 Å². The zero-order chi connectivity index (χ0) is 12.9.